The minimum Gasteiger partial charge on any atom is -0.494 e. The Morgan fingerprint density at radius 3 is 1.83 bits per heavy atom. The fourth-order valence-corrected chi connectivity index (χ4v) is 3.60. The maximum absolute atomic E-state index is 12.9. The van der Waals surface area contributed by atoms with Gasteiger partial charge in [0.2, 0.25) is 0 Å². The number of benzene rings is 2. The largest absolute Gasteiger partial charge is 0.494 e. The second-order valence-electron chi connectivity index (χ2n) is 7.50. The zero-order valence-electron chi connectivity index (χ0n) is 17.0. The second kappa shape index (κ2) is 11.1. The van der Waals surface area contributed by atoms with E-state index in [1.54, 1.807) is 24.3 Å². The van der Waals surface area contributed by atoms with E-state index in [9.17, 15) is 8.78 Å². The first-order valence-corrected chi connectivity index (χ1v) is 10.3. The van der Waals surface area contributed by atoms with E-state index < -0.39 is 0 Å². The second-order valence-corrected chi connectivity index (χ2v) is 7.50. The Hall–Kier alpha value is -2.18. The predicted octanol–water partition coefficient (Wildman–Crippen LogP) is 4.21. The summed E-state index contributed by atoms with van der Waals surface area (Å²) in [5.41, 5.74) is 0. The van der Waals surface area contributed by atoms with E-state index in [0.717, 1.165) is 45.6 Å². The number of halogens is 2. The lowest BCUT2D eigenvalue weighted by Crippen LogP contribution is -2.52. The third-order valence-electron chi connectivity index (χ3n) is 5.22. The highest BCUT2D eigenvalue weighted by Gasteiger charge is 2.22. The van der Waals surface area contributed by atoms with Gasteiger partial charge in [-0.25, -0.2) is 8.78 Å². The fourth-order valence-electron chi connectivity index (χ4n) is 3.60. The molecular weight excluding hydrogens is 374 g/mol. The zero-order chi connectivity index (χ0) is 20.5. The molecule has 0 saturated carbocycles. The molecule has 1 unspecified atom stereocenters. The summed E-state index contributed by atoms with van der Waals surface area (Å²) in [5.74, 6) is 0.942. The van der Waals surface area contributed by atoms with Gasteiger partial charge in [0.15, 0.2) is 0 Å². The van der Waals surface area contributed by atoms with Gasteiger partial charge in [-0.2, -0.15) is 0 Å². The smallest absolute Gasteiger partial charge is 0.123 e. The van der Waals surface area contributed by atoms with Crippen LogP contribution in [0.1, 0.15) is 19.8 Å². The van der Waals surface area contributed by atoms with Gasteiger partial charge in [-0.15, -0.1) is 0 Å². The van der Waals surface area contributed by atoms with Crippen molar-refractivity contribution < 1.29 is 18.3 Å². The van der Waals surface area contributed by atoms with Gasteiger partial charge in [-0.3, -0.25) is 4.90 Å². The molecular formula is C23H30F2N2O2. The first-order chi connectivity index (χ1) is 14.1. The average Bonchev–Trinajstić information content (AvgIpc) is 2.72. The van der Waals surface area contributed by atoms with Crippen molar-refractivity contribution in [1.82, 2.24) is 9.80 Å². The molecule has 6 heteroatoms. The Bertz CT molecular complexity index is 725. The highest BCUT2D eigenvalue weighted by molar-refractivity contribution is 5.22. The van der Waals surface area contributed by atoms with Gasteiger partial charge in [-0.1, -0.05) is 0 Å². The monoisotopic (exact) mass is 404 g/mol. The van der Waals surface area contributed by atoms with Crippen LogP contribution in [0, 0.1) is 11.6 Å². The third-order valence-corrected chi connectivity index (χ3v) is 5.22. The first kappa shape index (κ1) is 21.5. The van der Waals surface area contributed by atoms with Crippen LogP contribution in [0.15, 0.2) is 48.5 Å². The molecule has 1 fully saturated rings. The Morgan fingerprint density at radius 2 is 1.31 bits per heavy atom. The van der Waals surface area contributed by atoms with Crippen LogP contribution in [0.25, 0.3) is 0 Å². The van der Waals surface area contributed by atoms with Gasteiger partial charge in [-0.05, 0) is 68.3 Å². The summed E-state index contributed by atoms with van der Waals surface area (Å²) in [6.07, 6.45) is 1.91. The minimum absolute atomic E-state index is 0.244. The van der Waals surface area contributed by atoms with Gasteiger partial charge in [0.1, 0.15) is 23.1 Å². The molecule has 0 aliphatic carbocycles. The zero-order valence-corrected chi connectivity index (χ0v) is 17.0. The van der Waals surface area contributed by atoms with Gasteiger partial charge in [0, 0.05) is 38.8 Å². The van der Waals surface area contributed by atoms with Crippen LogP contribution in [-0.4, -0.2) is 61.8 Å². The summed E-state index contributed by atoms with van der Waals surface area (Å²) < 4.78 is 37.1. The number of nitrogens with zero attached hydrogens (tertiary/aromatic N) is 2. The molecule has 2 aromatic carbocycles. The lowest BCUT2D eigenvalue weighted by molar-refractivity contribution is 0.0757. The lowest BCUT2D eigenvalue weighted by Gasteiger charge is -2.40. The fraction of sp³-hybridized carbons (Fsp3) is 0.478. The molecule has 4 nitrogen and oxygen atoms in total. The van der Waals surface area contributed by atoms with Crippen LogP contribution in [0.5, 0.6) is 11.5 Å². The molecule has 1 saturated heterocycles. The molecule has 0 amide bonds. The van der Waals surface area contributed by atoms with Crippen LogP contribution < -0.4 is 9.47 Å². The van der Waals surface area contributed by atoms with Crippen molar-refractivity contribution in [2.24, 2.45) is 0 Å². The molecule has 29 heavy (non-hydrogen) atoms. The molecule has 2 aromatic rings. The number of hydrogen-bond donors (Lipinski definition) is 0. The lowest BCUT2D eigenvalue weighted by atomic mass is 10.1. The number of rotatable bonds is 10. The number of piperazine rings is 1. The summed E-state index contributed by atoms with van der Waals surface area (Å²) in [4.78, 5) is 4.98. The Kier molecular flexibility index (Phi) is 8.25. The Morgan fingerprint density at radius 1 is 0.793 bits per heavy atom. The van der Waals surface area contributed by atoms with Crippen molar-refractivity contribution >= 4 is 0 Å². The summed E-state index contributed by atoms with van der Waals surface area (Å²) >= 11 is 0. The number of hydrogen-bond acceptors (Lipinski definition) is 4. The van der Waals surface area contributed by atoms with Crippen molar-refractivity contribution in [3.8, 4) is 11.5 Å². The van der Waals surface area contributed by atoms with Crippen LogP contribution in [0.3, 0.4) is 0 Å². The van der Waals surface area contributed by atoms with E-state index in [0.29, 0.717) is 30.8 Å². The van der Waals surface area contributed by atoms with E-state index in [2.05, 4.69) is 16.7 Å². The first-order valence-electron chi connectivity index (χ1n) is 10.3. The molecule has 0 aromatic heterocycles. The summed E-state index contributed by atoms with van der Waals surface area (Å²) in [6, 6.07) is 12.8. The quantitative estimate of drug-likeness (QED) is 0.554. The van der Waals surface area contributed by atoms with Crippen molar-refractivity contribution in [2.45, 2.75) is 25.8 Å². The molecule has 1 aliphatic heterocycles. The van der Waals surface area contributed by atoms with Gasteiger partial charge in [0.05, 0.1) is 13.2 Å². The molecule has 0 bridgehead atoms. The maximum atomic E-state index is 12.9. The maximum Gasteiger partial charge on any atom is 0.123 e. The van der Waals surface area contributed by atoms with E-state index in [-0.39, 0.29) is 11.6 Å². The molecule has 1 heterocycles. The van der Waals surface area contributed by atoms with Crippen LogP contribution in [-0.2, 0) is 0 Å². The average molecular weight is 405 g/mol. The summed E-state index contributed by atoms with van der Waals surface area (Å²) in [7, 11) is 0. The normalized spacial score (nSPS) is 18.0. The van der Waals surface area contributed by atoms with E-state index in [1.165, 1.54) is 24.3 Å². The molecule has 0 radical (unpaired) electrons. The molecule has 1 aliphatic rings. The van der Waals surface area contributed by atoms with Crippen LogP contribution in [0.4, 0.5) is 8.78 Å². The molecule has 1 atom stereocenters. The van der Waals surface area contributed by atoms with Crippen molar-refractivity contribution in [3.63, 3.8) is 0 Å². The predicted molar refractivity (Wildman–Crippen MR) is 110 cm³/mol. The van der Waals surface area contributed by atoms with Crippen molar-refractivity contribution in [1.29, 1.82) is 0 Å². The van der Waals surface area contributed by atoms with Gasteiger partial charge >= 0.3 is 0 Å². The minimum atomic E-state index is -0.244. The Labute approximate surface area is 172 Å². The van der Waals surface area contributed by atoms with Gasteiger partial charge in [0.25, 0.3) is 0 Å². The van der Waals surface area contributed by atoms with Gasteiger partial charge < -0.3 is 14.4 Å². The van der Waals surface area contributed by atoms with E-state index >= 15 is 0 Å². The third kappa shape index (κ3) is 7.29. The summed E-state index contributed by atoms with van der Waals surface area (Å²) in [5, 5.41) is 0. The topological polar surface area (TPSA) is 24.9 Å². The standard InChI is InChI=1S/C23H30F2N2O2/c1-19-18-26(12-2-16-28-22-8-4-20(24)5-9-22)14-15-27(19)13-3-17-29-23-10-6-21(25)7-11-23/h4-11,19H,2-3,12-18H2,1H3. The molecule has 158 valence electrons. The highest BCUT2D eigenvalue weighted by Crippen LogP contribution is 2.14. The molecule has 0 spiro atoms. The Balaban J connectivity index is 1.26. The summed E-state index contributed by atoms with van der Waals surface area (Å²) in [6.45, 7) is 8.71. The van der Waals surface area contributed by atoms with Crippen LogP contribution >= 0.6 is 0 Å². The number of ether oxygens (including phenoxy) is 2. The van der Waals surface area contributed by atoms with E-state index in [1.807, 2.05) is 0 Å². The van der Waals surface area contributed by atoms with Crippen molar-refractivity contribution in [2.75, 3.05) is 45.9 Å². The van der Waals surface area contributed by atoms with E-state index in [4.69, 9.17) is 9.47 Å². The van der Waals surface area contributed by atoms with Crippen molar-refractivity contribution in [3.05, 3.63) is 60.2 Å². The SMILES string of the molecule is CC1CN(CCCOc2ccc(F)cc2)CCN1CCCOc1ccc(F)cc1. The molecule has 3 rings (SSSR count). The highest BCUT2D eigenvalue weighted by atomic mass is 19.1. The van der Waals surface area contributed by atoms with Crippen LogP contribution in [0.2, 0.25) is 0 Å². The molecule has 0 N–H and O–H groups in total.